The summed E-state index contributed by atoms with van der Waals surface area (Å²) in [6.07, 6.45) is 0.0415. The quantitative estimate of drug-likeness (QED) is 0.679. The van der Waals surface area contributed by atoms with Gasteiger partial charge in [-0.05, 0) is 27.2 Å². The van der Waals surface area contributed by atoms with E-state index in [2.05, 4.69) is 4.74 Å². The standard InChI is InChI=1S/C11H20N2O4/c1-11(2,3)17-10(15)13-6-5-7(12)8(13)9(14)16-4/h7-8H,5-6,12H2,1-4H3/t7-,8+/m1/s1. The van der Waals surface area contributed by atoms with Crippen molar-refractivity contribution in [3.05, 3.63) is 0 Å². The van der Waals surface area contributed by atoms with Crippen molar-refractivity contribution in [1.29, 1.82) is 0 Å². The average molecular weight is 244 g/mol. The zero-order valence-corrected chi connectivity index (χ0v) is 10.7. The van der Waals surface area contributed by atoms with Crippen molar-refractivity contribution in [2.24, 2.45) is 5.73 Å². The Hall–Kier alpha value is -1.30. The highest BCUT2D eigenvalue weighted by molar-refractivity contribution is 5.83. The summed E-state index contributed by atoms with van der Waals surface area (Å²) < 4.78 is 9.87. The molecule has 0 saturated carbocycles. The molecule has 0 aromatic carbocycles. The average Bonchev–Trinajstić information content (AvgIpc) is 2.56. The van der Waals surface area contributed by atoms with Gasteiger partial charge in [-0.25, -0.2) is 9.59 Å². The van der Waals surface area contributed by atoms with Gasteiger partial charge in [-0.15, -0.1) is 0 Å². The SMILES string of the molecule is COC(=O)[C@@H]1[C@H](N)CCN1C(=O)OC(C)(C)C. The molecule has 0 aromatic rings. The van der Waals surface area contributed by atoms with E-state index in [-0.39, 0.29) is 0 Å². The Kier molecular flexibility index (Phi) is 3.98. The molecular formula is C11H20N2O4. The molecule has 0 aromatic heterocycles. The Morgan fingerprint density at radius 1 is 1.35 bits per heavy atom. The minimum Gasteiger partial charge on any atom is -0.467 e. The molecule has 2 N–H and O–H groups in total. The van der Waals surface area contributed by atoms with Gasteiger partial charge in [-0.3, -0.25) is 4.90 Å². The van der Waals surface area contributed by atoms with Gasteiger partial charge in [-0.1, -0.05) is 0 Å². The Balaban J connectivity index is 2.76. The van der Waals surface area contributed by atoms with Crippen LogP contribution in [0.2, 0.25) is 0 Å². The van der Waals surface area contributed by atoms with Gasteiger partial charge < -0.3 is 15.2 Å². The van der Waals surface area contributed by atoms with Crippen molar-refractivity contribution in [1.82, 2.24) is 4.90 Å². The Morgan fingerprint density at radius 3 is 2.41 bits per heavy atom. The van der Waals surface area contributed by atoms with E-state index in [4.69, 9.17) is 10.5 Å². The predicted octanol–water partition coefficient (Wildman–Crippen LogP) is 0.496. The van der Waals surface area contributed by atoms with Crippen LogP contribution < -0.4 is 5.73 Å². The minimum atomic E-state index is -0.741. The van der Waals surface area contributed by atoms with Crippen molar-refractivity contribution in [2.75, 3.05) is 13.7 Å². The lowest BCUT2D eigenvalue weighted by molar-refractivity contribution is -0.146. The number of rotatable bonds is 1. The smallest absolute Gasteiger partial charge is 0.411 e. The summed E-state index contributed by atoms with van der Waals surface area (Å²) in [4.78, 5) is 24.8. The molecular weight excluding hydrogens is 224 g/mol. The van der Waals surface area contributed by atoms with Crippen molar-refractivity contribution >= 4 is 12.1 Å². The summed E-state index contributed by atoms with van der Waals surface area (Å²) >= 11 is 0. The molecule has 0 aliphatic carbocycles. The molecule has 1 saturated heterocycles. The topological polar surface area (TPSA) is 81.9 Å². The van der Waals surface area contributed by atoms with Crippen LogP contribution >= 0.6 is 0 Å². The summed E-state index contributed by atoms with van der Waals surface area (Å²) in [5, 5.41) is 0. The summed E-state index contributed by atoms with van der Waals surface area (Å²) in [5.74, 6) is -0.499. The molecule has 0 radical (unpaired) electrons. The fourth-order valence-electron chi connectivity index (χ4n) is 1.76. The zero-order valence-electron chi connectivity index (χ0n) is 10.7. The van der Waals surface area contributed by atoms with E-state index >= 15 is 0 Å². The van der Waals surface area contributed by atoms with Gasteiger partial charge in [0, 0.05) is 12.6 Å². The van der Waals surface area contributed by atoms with E-state index in [1.807, 2.05) is 0 Å². The monoisotopic (exact) mass is 244 g/mol. The van der Waals surface area contributed by atoms with Crippen LogP contribution in [0, 0.1) is 0 Å². The second-order valence-corrected chi connectivity index (χ2v) is 5.09. The van der Waals surface area contributed by atoms with E-state index in [9.17, 15) is 9.59 Å². The fraction of sp³-hybridized carbons (Fsp3) is 0.818. The van der Waals surface area contributed by atoms with Gasteiger partial charge in [0.05, 0.1) is 7.11 Å². The molecule has 6 nitrogen and oxygen atoms in total. The Morgan fingerprint density at radius 2 is 1.94 bits per heavy atom. The maximum absolute atomic E-state index is 11.9. The third-order valence-corrected chi connectivity index (χ3v) is 2.52. The lowest BCUT2D eigenvalue weighted by Gasteiger charge is -2.28. The van der Waals surface area contributed by atoms with E-state index < -0.39 is 29.7 Å². The normalized spacial score (nSPS) is 24.6. The van der Waals surface area contributed by atoms with Crippen molar-refractivity contribution in [3.63, 3.8) is 0 Å². The molecule has 0 unspecified atom stereocenters. The molecule has 98 valence electrons. The molecule has 2 atom stereocenters. The lowest BCUT2D eigenvalue weighted by Crippen LogP contribution is -2.49. The van der Waals surface area contributed by atoms with Gasteiger partial charge in [0.1, 0.15) is 11.6 Å². The number of methoxy groups -OCH3 is 1. The lowest BCUT2D eigenvalue weighted by atomic mass is 10.1. The largest absolute Gasteiger partial charge is 0.467 e. The first-order valence-corrected chi connectivity index (χ1v) is 5.59. The number of hydrogen-bond acceptors (Lipinski definition) is 5. The number of nitrogens with two attached hydrogens (primary N) is 1. The van der Waals surface area contributed by atoms with Gasteiger partial charge in [0.25, 0.3) is 0 Å². The molecule has 1 fully saturated rings. The second-order valence-electron chi connectivity index (χ2n) is 5.09. The van der Waals surface area contributed by atoms with Gasteiger partial charge in [-0.2, -0.15) is 0 Å². The van der Waals surface area contributed by atoms with Gasteiger partial charge in [0.15, 0.2) is 0 Å². The summed E-state index contributed by atoms with van der Waals surface area (Å²) in [5.41, 5.74) is 5.20. The fourth-order valence-corrected chi connectivity index (χ4v) is 1.76. The summed E-state index contributed by atoms with van der Waals surface area (Å²) in [6, 6.07) is -1.13. The summed E-state index contributed by atoms with van der Waals surface area (Å²) in [6.45, 7) is 5.73. The first-order chi connectivity index (χ1) is 7.76. The van der Waals surface area contributed by atoms with Crippen LogP contribution in [0.3, 0.4) is 0 Å². The molecule has 1 aliphatic heterocycles. The number of nitrogens with zero attached hydrogens (tertiary/aromatic N) is 1. The molecule has 0 bridgehead atoms. The first-order valence-electron chi connectivity index (χ1n) is 5.59. The van der Waals surface area contributed by atoms with E-state index in [0.29, 0.717) is 13.0 Å². The molecule has 1 amide bonds. The van der Waals surface area contributed by atoms with E-state index in [1.54, 1.807) is 20.8 Å². The predicted molar refractivity (Wildman–Crippen MR) is 61.3 cm³/mol. The highest BCUT2D eigenvalue weighted by atomic mass is 16.6. The highest BCUT2D eigenvalue weighted by Gasteiger charge is 2.42. The maximum atomic E-state index is 11.9. The van der Waals surface area contributed by atoms with Crippen LogP contribution in [0.15, 0.2) is 0 Å². The third-order valence-electron chi connectivity index (χ3n) is 2.52. The number of hydrogen-bond donors (Lipinski definition) is 1. The molecule has 0 spiro atoms. The van der Waals surface area contributed by atoms with E-state index in [0.717, 1.165) is 0 Å². The van der Waals surface area contributed by atoms with E-state index in [1.165, 1.54) is 12.0 Å². The Labute approximate surface area is 101 Å². The van der Waals surface area contributed by atoms with Crippen LogP contribution in [0.25, 0.3) is 0 Å². The molecule has 6 heteroatoms. The number of carbonyl (C=O) groups excluding carboxylic acids is 2. The summed E-state index contributed by atoms with van der Waals surface area (Å²) in [7, 11) is 1.28. The number of carbonyl (C=O) groups is 2. The van der Waals surface area contributed by atoms with Crippen molar-refractivity contribution in [3.8, 4) is 0 Å². The molecule has 1 aliphatic rings. The number of amides is 1. The molecule has 1 heterocycles. The first kappa shape index (κ1) is 13.8. The molecule has 1 rings (SSSR count). The number of likely N-dealkylation sites (tertiary alicyclic amines) is 1. The van der Waals surface area contributed by atoms with Crippen LogP contribution in [0.4, 0.5) is 4.79 Å². The number of esters is 1. The Bertz CT molecular complexity index is 311. The number of ether oxygens (including phenoxy) is 2. The van der Waals surface area contributed by atoms with Crippen LogP contribution in [0.1, 0.15) is 27.2 Å². The minimum absolute atomic E-state index is 0.394. The van der Waals surface area contributed by atoms with Gasteiger partial charge in [0.2, 0.25) is 0 Å². The van der Waals surface area contributed by atoms with Crippen LogP contribution in [0.5, 0.6) is 0 Å². The zero-order chi connectivity index (χ0) is 13.2. The second kappa shape index (κ2) is 4.91. The van der Waals surface area contributed by atoms with Crippen LogP contribution in [-0.4, -0.2) is 48.3 Å². The third kappa shape index (κ3) is 3.33. The van der Waals surface area contributed by atoms with Crippen molar-refractivity contribution < 1.29 is 19.1 Å². The highest BCUT2D eigenvalue weighted by Crippen LogP contribution is 2.21. The van der Waals surface area contributed by atoms with Gasteiger partial charge >= 0.3 is 12.1 Å². The van der Waals surface area contributed by atoms with Crippen LogP contribution in [-0.2, 0) is 14.3 Å². The maximum Gasteiger partial charge on any atom is 0.411 e. The van der Waals surface area contributed by atoms with Crippen molar-refractivity contribution in [2.45, 2.75) is 44.9 Å². The molecule has 17 heavy (non-hydrogen) atoms.